The molecule has 1 aromatic rings. The summed E-state index contributed by atoms with van der Waals surface area (Å²) in [6.07, 6.45) is 3.71. The molecular weight excluding hydrogens is 264 g/mol. The molecule has 2 aliphatic rings. The Hall–Kier alpha value is -1.84. The van der Waals surface area contributed by atoms with Gasteiger partial charge in [-0.1, -0.05) is 43.7 Å². The van der Waals surface area contributed by atoms with Gasteiger partial charge in [-0.05, 0) is 30.7 Å². The second-order valence-electron chi connectivity index (χ2n) is 6.08. The van der Waals surface area contributed by atoms with E-state index in [0.29, 0.717) is 18.9 Å². The van der Waals surface area contributed by atoms with Crippen molar-refractivity contribution in [1.29, 1.82) is 0 Å². The summed E-state index contributed by atoms with van der Waals surface area (Å²) in [6, 6.07) is 9.31. The molecule has 1 heterocycles. The van der Waals surface area contributed by atoms with E-state index in [0.717, 1.165) is 24.8 Å². The van der Waals surface area contributed by atoms with E-state index in [4.69, 9.17) is 0 Å². The number of carbonyl (C=O) groups excluding carboxylic acids is 2. The van der Waals surface area contributed by atoms with E-state index >= 15 is 0 Å². The maximum Gasteiger partial charge on any atom is 0.246 e. The normalized spacial score (nSPS) is 25.9. The summed E-state index contributed by atoms with van der Waals surface area (Å²) in [6.45, 7) is 2.57. The van der Waals surface area contributed by atoms with Gasteiger partial charge in [-0.25, -0.2) is 0 Å². The van der Waals surface area contributed by atoms with Crippen molar-refractivity contribution in [3.05, 3.63) is 35.9 Å². The zero-order chi connectivity index (χ0) is 14.8. The van der Waals surface area contributed by atoms with Crippen molar-refractivity contribution >= 4 is 11.8 Å². The number of piperazine rings is 1. The first kappa shape index (κ1) is 14.1. The fourth-order valence-corrected chi connectivity index (χ4v) is 3.12. The van der Waals surface area contributed by atoms with Gasteiger partial charge in [0.05, 0.1) is 0 Å². The highest BCUT2D eigenvalue weighted by Gasteiger charge is 2.47. The lowest BCUT2D eigenvalue weighted by molar-refractivity contribution is -0.151. The quantitative estimate of drug-likeness (QED) is 0.901. The first-order valence-corrected chi connectivity index (χ1v) is 7.85. The summed E-state index contributed by atoms with van der Waals surface area (Å²) < 4.78 is 0. The van der Waals surface area contributed by atoms with Crippen LogP contribution >= 0.6 is 0 Å². The monoisotopic (exact) mass is 286 g/mol. The van der Waals surface area contributed by atoms with E-state index in [1.807, 2.05) is 42.2 Å². The number of hydrogen-bond acceptors (Lipinski definition) is 2. The number of nitrogens with zero attached hydrogens (tertiary/aromatic N) is 1. The number of amides is 2. The summed E-state index contributed by atoms with van der Waals surface area (Å²) in [7, 11) is 0. The van der Waals surface area contributed by atoms with E-state index in [2.05, 4.69) is 5.32 Å². The Labute approximate surface area is 125 Å². The van der Waals surface area contributed by atoms with E-state index in [1.165, 1.54) is 0 Å². The molecule has 0 radical (unpaired) electrons. The molecule has 2 unspecified atom stereocenters. The number of carbonyl (C=O) groups is 2. The zero-order valence-electron chi connectivity index (χ0n) is 12.4. The number of rotatable bonds is 5. The van der Waals surface area contributed by atoms with Gasteiger partial charge >= 0.3 is 0 Å². The van der Waals surface area contributed by atoms with Gasteiger partial charge in [0.1, 0.15) is 12.1 Å². The Bertz CT molecular complexity index is 525. The maximum atomic E-state index is 12.7. The van der Waals surface area contributed by atoms with Crippen LogP contribution in [0.25, 0.3) is 0 Å². The summed E-state index contributed by atoms with van der Waals surface area (Å²) in [5.41, 5.74) is 1.08. The zero-order valence-corrected chi connectivity index (χ0v) is 12.4. The third-order valence-electron chi connectivity index (χ3n) is 4.34. The SMILES string of the molecule is CCCC1NC(=O)C(C2CC2)N(Cc2ccccc2)C1=O. The average Bonchev–Trinajstić information content (AvgIpc) is 3.30. The van der Waals surface area contributed by atoms with Crippen molar-refractivity contribution in [2.24, 2.45) is 5.92 Å². The van der Waals surface area contributed by atoms with Crippen LogP contribution in [0.15, 0.2) is 30.3 Å². The van der Waals surface area contributed by atoms with Crippen molar-refractivity contribution in [3.8, 4) is 0 Å². The van der Waals surface area contributed by atoms with E-state index < -0.39 is 0 Å². The van der Waals surface area contributed by atoms with Crippen LogP contribution in [0.5, 0.6) is 0 Å². The highest BCUT2D eigenvalue weighted by atomic mass is 16.2. The lowest BCUT2D eigenvalue weighted by atomic mass is 9.99. The lowest BCUT2D eigenvalue weighted by Crippen LogP contribution is -2.63. The molecule has 1 saturated carbocycles. The number of hydrogen-bond donors (Lipinski definition) is 1. The molecule has 2 atom stereocenters. The molecule has 112 valence electrons. The summed E-state index contributed by atoms with van der Waals surface area (Å²) >= 11 is 0. The third-order valence-corrected chi connectivity index (χ3v) is 4.34. The van der Waals surface area contributed by atoms with Gasteiger partial charge < -0.3 is 10.2 Å². The molecule has 0 spiro atoms. The van der Waals surface area contributed by atoms with Crippen molar-refractivity contribution < 1.29 is 9.59 Å². The standard InChI is InChI=1S/C17H22N2O2/c1-2-6-14-17(21)19(11-12-7-4-3-5-8-12)15(13-9-10-13)16(20)18-14/h3-5,7-8,13-15H,2,6,9-11H2,1H3,(H,18,20). The van der Waals surface area contributed by atoms with Gasteiger partial charge in [-0.3, -0.25) is 9.59 Å². The molecule has 21 heavy (non-hydrogen) atoms. The summed E-state index contributed by atoms with van der Waals surface area (Å²) in [4.78, 5) is 26.9. The van der Waals surface area contributed by atoms with Crippen LogP contribution < -0.4 is 5.32 Å². The van der Waals surface area contributed by atoms with Crippen LogP contribution in [0.2, 0.25) is 0 Å². The van der Waals surface area contributed by atoms with Gasteiger partial charge in [0.15, 0.2) is 0 Å². The largest absolute Gasteiger partial charge is 0.342 e. The molecule has 0 aromatic heterocycles. The molecule has 4 heteroatoms. The Balaban J connectivity index is 1.83. The smallest absolute Gasteiger partial charge is 0.246 e. The van der Waals surface area contributed by atoms with E-state index in [1.54, 1.807) is 0 Å². The van der Waals surface area contributed by atoms with E-state index in [-0.39, 0.29) is 23.9 Å². The molecule has 1 saturated heterocycles. The van der Waals surface area contributed by atoms with Gasteiger partial charge in [-0.2, -0.15) is 0 Å². The van der Waals surface area contributed by atoms with Gasteiger partial charge in [0, 0.05) is 6.54 Å². The van der Waals surface area contributed by atoms with E-state index in [9.17, 15) is 9.59 Å². The minimum Gasteiger partial charge on any atom is -0.342 e. The first-order valence-electron chi connectivity index (χ1n) is 7.85. The van der Waals surface area contributed by atoms with Gasteiger partial charge in [-0.15, -0.1) is 0 Å². The molecule has 2 amide bonds. The lowest BCUT2D eigenvalue weighted by Gasteiger charge is -2.39. The Morgan fingerprint density at radius 3 is 2.52 bits per heavy atom. The highest BCUT2D eigenvalue weighted by molar-refractivity contribution is 5.97. The summed E-state index contributed by atoms with van der Waals surface area (Å²) in [5, 5.41) is 2.92. The molecule has 1 aliphatic heterocycles. The van der Waals surface area contributed by atoms with Crippen LogP contribution in [-0.2, 0) is 16.1 Å². The maximum absolute atomic E-state index is 12.7. The molecule has 0 bridgehead atoms. The molecule has 1 N–H and O–H groups in total. The van der Waals surface area contributed by atoms with Crippen LogP contribution in [-0.4, -0.2) is 28.8 Å². The molecular formula is C17H22N2O2. The van der Waals surface area contributed by atoms with Crippen molar-refractivity contribution in [3.63, 3.8) is 0 Å². The number of nitrogens with one attached hydrogen (secondary N) is 1. The van der Waals surface area contributed by atoms with Crippen LogP contribution in [0.4, 0.5) is 0 Å². The third kappa shape index (κ3) is 2.94. The van der Waals surface area contributed by atoms with Crippen molar-refractivity contribution in [2.75, 3.05) is 0 Å². The molecule has 1 aliphatic carbocycles. The van der Waals surface area contributed by atoms with Crippen LogP contribution in [0.1, 0.15) is 38.2 Å². The molecule has 4 nitrogen and oxygen atoms in total. The number of benzene rings is 1. The minimum absolute atomic E-state index is 0.0338. The minimum atomic E-state index is -0.346. The van der Waals surface area contributed by atoms with Gasteiger partial charge in [0.25, 0.3) is 0 Å². The Kier molecular flexibility index (Phi) is 3.95. The van der Waals surface area contributed by atoms with Crippen LogP contribution in [0.3, 0.4) is 0 Å². The topological polar surface area (TPSA) is 49.4 Å². The molecule has 3 rings (SSSR count). The molecule has 1 aromatic carbocycles. The highest BCUT2D eigenvalue weighted by Crippen LogP contribution is 2.37. The van der Waals surface area contributed by atoms with Crippen LogP contribution in [0, 0.1) is 5.92 Å². The Morgan fingerprint density at radius 1 is 1.19 bits per heavy atom. The second kappa shape index (κ2) is 5.88. The molecule has 2 fully saturated rings. The van der Waals surface area contributed by atoms with Gasteiger partial charge in [0.2, 0.25) is 11.8 Å². The first-order chi connectivity index (χ1) is 10.2. The average molecular weight is 286 g/mol. The Morgan fingerprint density at radius 2 is 1.90 bits per heavy atom. The second-order valence-corrected chi connectivity index (χ2v) is 6.08. The predicted octanol–water partition coefficient (Wildman–Crippen LogP) is 2.09. The fourth-order valence-electron chi connectivity index (χ4n) is 3.12. The summed E-state index contributed by atoms with van der Waals surface area (Å²) in [5.74, 6) is 0.462. The van der Waals surface area contributed by atoms with Crippen molar-refractivity contribution in [2.45, 2.75) is 51.2 Å². The fraction of sp³-hybridized carbons (Fsp3) is 0.529. The van der Waals surface area contributed by atoms with Crippen molar-refractivity contribution in [1.82, 2.24) is 10.2 Å². The predicted molar refractivity (Wildman–Crippen MR) is 80.3 cm³/mol.